The van der Waals surface area contributed by atoms with Gasteiger partial charge in [0.25, 0.3) is 0 Å². The molecule has 0 aromatic heterocycles. The summed E-state index contributed by atoms with van der Waals surface area (Å²) in [5.41, 5.74) is 2.29. The standard InChI is InChI=1S/C6H12N2O2/c1-3-4-6(9)8-7-5-10-2/h5H,3-4H2,1-2H3,(H,8,9)/b7-5+. The van der Waals surface area contributed by atoms with Crippen molar-refractivity contribution < 1.29 is 9.53 Å². The molecule has 4 nitrogen and oxygen atoms in total. The molecular formula is C6H12N2O2. The molecule has 0 aromatic carbocycles. The van der Waals surface area contributed by atoms with Gasteiger partial charge in [0.2, 0.25) is 5.91 Å². The van der Waals surface area contributed by atoms with Crippen LogP contribution in [-0.2, 0) is 9.53 Å². The highest BCUT2D eigenvalue weighted by Crippen LogP contribution is 1.84. The molecule has 0 radical (unpaired) electrons. The number of carbonyl (C=O) groups is 1. The molecule has 1 N–H and O–H groups in total. The van der Waals surface area contributed by atoms with Gasteiger partial charge in [0.1, 0.15) is 0 Å². The Morgan fingerprint density at radius 1 is 1.80 bits per heavy atom. The lowest BCUT2D eigenvalue weighted by Gasteiger charge is -1.94. The molecule has 0 spiro atoms. The fraction of sp³-hybridized carbons (Fsp3) is 0.667. The van der Waals surface area contributed by atoms with Crippen molar-refractivity contribution in [3.05, 3.63) is 0 Å². The first-order valence-corrected chi connectivity index (χ1v) is 3.14. The number of methoxy groups -OCH3 is 1. The molecule has 0 aliphatic carbocycles. The highest BCUT2D eigenvalue weighted by molar-refractivity contribution is 5.76. The largest absolute Gasteiger partial charge is 0.485 e. The van der Waals surface area contributed by atoms with E-state index < -0.39 is 0 Å². The number of hydrogen-bond acceptors (Lipinski definition) is 3. The van der Waals surface area contributed by atoms with Crippen LogP contribution in [0, 0.1) is 0 Å². The first-order chi connectivity index (χ1) is 4.81. The summed E-state index contributed by atoms with van der Waals surface area (Å²) in [6.07, 6.45) is 2.50. The predicted molar refractivity (Wildman–Crippen MR) is 38.6 cm³/mol. The molecule has 0 bridgehead atoms. The maximum absolute atomic E-state index is 10.6. The van der Waals surface area contributed by atoms with Crippen LogP contribution in [0.1, 0.15) is 19.8 Å². The summed E-state index contributed by atoms with van der Waals surface area (Å²) in [6.45, 7) is 1.93. The minimum atomic E-state index is -0.0872. The Hall–Kier alpha value is -1.06. The molecule has 0 aliphatic heterocycles. The third-order valence-corrected chi connectivity index (χ3v) is 0.824. The summed E-state index contributed by atoms with van der Waals surface area (Å²) in [7, 11) is 1.47. The molecular weight excluding hydrogens is 132 g/mol. The van der Waals surface area contributed by atoms with E-state index in [4.69, 9.17) is 0 Å². The van der Waals surface area contributed by atoms with Gasteiger partial charge in [-0.3, -0.25) is 4.79 Å². The molecule has 10 heavy (non-hydrogen) atoms. The van der Waals surface area contributed by atoms with E-state index in [1.165, 1.54) is 13.5 Å². The number of hydrazone groups is 1. The zero-order chi connectivity index (χ0) is 7.82. The number of rotatable bonds is 4. The van der Waals surface area contributed by atoms with Crippen LogP contribution in [0.3, 0.4) is 0 Å². The zero-order valence-corrected chi connectivity index (χ0v) is 6.26. The highest BCUT2D eigenvalue weighted by atomic mass is 16.5. The van der Waals surface area contributed by atoms with Crippen LogP contribution < -0.4 is 5.43 Å². The smallest absolute Gasteiger partial charge is 0.240 e. The third-order valence-electron chi connectivity index (χ3n) is 0.824. The summed E-state index contributed by atoms with van der Waals surface area (Å²) >= 11 is 0. The number of ether oxygens (including phenoxy) is 1. The molecule has 58 valence electrons. The Labute approximate surface area is 60.3 Å². The van der Waals surface area contributed by atoms with Gasteiger partial charge in [0, 0.05) is 6.42 Å². The van der Waals surface area contributed by atoms with Gasteiger partial charge in [-0.25, -0.2) is 5.43 Å². The summed E-state index contributed by atoms with van der Waals surface area (Å²) in [4.78, 5) is 10.6. The van der Waals surface area contributed by atoms with Crippen molar-refractivity contribution in [1.29, 1.82) is 0 Å². The molecule has 0 aliphatic rings. The van der Waals surface area contributed by atoms with Gasteiger partial charge >= 0.3 is 0 Å². The first kappa shape index (κ1) is 8.94. The fourth-order valence-electron chi connectivity index (χ4n) is 0.434. The maximum Gasteiger partial charge on any atom is 0.240 e. The molecule has 0 unspecified atom stereocenters. The van der Waals surface area contributed by atoms with Crippen molar-refractivity contribution in [2.24, 2.45) is 5.10 Å². The van der Waals surface area contributed by atoms with Gasteiger partial charge in [-0.1, -0.05) is 6.92 Å². The van der Waals surface area contributed by atoms with Crippen LogP contribution >= 0.6 is 0 Å². The van der Waals surface area contributed by atoms with E-state index in [2.05, 4.69) is 15.3 Å². The Morgan fingerprint density at radius 2 is 2.50 bits per heavy atom. The molecule has 0 saturated heterocycles. The van der Waals surface area contributed by atoms with Crippen molar-refractivity contribution in [2.75, 3.05) is 7.11 Å². The quantitative estimate of drug-likeness (QED) is 0.354. The van der Waals surface area contributed by atoms with Crippen molar-refractivity contribution in [3.63, 3.8) is 0 Å². The normalized spacial score (nSPS) is 9.80. The van der Waals surface area contributed by atoms with E-state index in [-0.39, 0.29) is 5.91 Å². The summed E-state index contributed by atoms with van der Waals surface area (Å²) < 4.78 is 4.46. The second kappa shape index (κ2) is 6.07. The lowest BCUT2D eigenvalue weighted by Crippen LogP contribution is -2.16. The lowest BCUT2D eigenvalue weighted by molar-refractivity contribution is -0.121. The lowest BCUT2D eigenvalue weighted by atomic mass is 10.3. The molecule has 0 saturated carbocycles. The van der Waals surface area contributed by atoms with Gasteiger partial charge in [-0.15, -0.1) is 5.10 Å². The zero-order valence-electron chi connectivity index (χ0n) is 6.26. The van der Waals surface area contributed by atoms with Crippen molar-refractivity contribution in [1.82, 2.24) is 5.43 Å². The summed E-state index contributed by atoms with van der Waals surface area (Å²) in [5.74, 6) is -0.0872. The molecule has 1 amide bonds. The Morgan fingerprint density at radius 3 is 3.00 bits per heavy atom. The topological polar surface area (TPSA) is 50.7 Å². The number of nitrogens with zero attached hydrogens (tertiary/aromatic N) is 1. The third kappa shape index (κ3) is 5.08. The number of amides is 1. The van der Waals surface area contributed by atoms with Crippen LogP contribution in [0.15, 0.2) is 5.10 Å². The SMILES string of the molecule is CCCC(=O)N/N=C/OC. The van der Waals surface area contributed by atoms with Crippen molar-refractivity contribution >= 4 is 12.3 Å². The van der Waals surface area contributed by atoms with E-state index in [0.29, 0.717) is 6.42 Å². The number of nitrogens with one attached hydrogen (secondary N) is 1. The van der Waals surface area contributed by atoms with Crippen LogP contribution in [0.4, 0.5) is 0 Å². The Bertz CT molecular complexity index is 123. The van der Waals surface area contributed by atoms with E-state index in [1.54, 1.807) is 0 Å². The van der Waals surface area contributed by atoms with Gasteiger partial charge in [0.15, 0.2) is 6.40 Å². The van der Waals surface area contributed by atoms with Crippen molar-refractivity contribution in [2.45, 2.75) is 19.8 Å². The molecule has 0 atom stereocenters. The van der Waals surface area contributed by atoms with Crippen LogP contribution in [0.25, 0.3) is 0 Å². The van der Waals surface area contributed by atoms with E-state index in [1.807, 2.05) is 6.92 Å². The van der Waals surface area contributed by atoms with E-state index in [0.717, 1.165) is 6.42 Å². The van der Waals surface area contributed by atoms with Gasteiger partial charge in [0.05, 0.1) is 7.11 Å². The summed E-state index contributed by atoms with van der Waals surface area (Å²) in [5, 5.41) is 3.46. The molecule has 0 aromatic rings. The Balaban J connectivity index is 3.30. The second-order valence-electron chi connectivity index (χ2n) is 1.76. The van der Waals surface area contributed by atoms with Crippen LogP contribution in [-0.4, -0.2) is 19.4 Å². The van der Waals surface area contributed by atoms with Gasteiger partial charge < -0.3 is 4.74 Å². The Kier molecular flexibility index (Phi) is 5.42. The monoisotopic (exact) mass is 144 g/mol. The number of hydrogen-bond donors (Lipinski definition) is 1. The average molecular weight is 144 g/mol. The molecule has 0 fully saturated rings. The first-order valence-electron chi connectivity index (χ1n) is 3.14. The average Bonchev–Trinajstić information content (AvgIpc) is 1.89. The summed E-state index contributed by atoms with van der Waals surface area (Å²) in [6, 6.07) is 0. The molecule has 0 rings (SSSR count). The van der Waals surface area contributed by atoms with E-state index >= 15 is 0 Å². The minimum Gasteiger partial charge on any atom is -0.485 e. The van der Waals surface area contributed by atoms with Crippen molar-refractivity contribution in [3.8, 4) is 0 Å². The minimum absolute atomic E-state index is 0.0872. The van der Waals surface area contributed by atoms with Crippen LogP contribution in [0.2, 0.25) is 0 Å². The predicted octanol–water partition coefficient (Wildman–Crippen LogP) is 0.492. The molecule has 4 heteroatoms. The highest BCUT2D eigenvalue weighted by Gasteiger charge is 1.93. The van der Waals surface area contributed by atoms with Gasteiger partial charge in [-0.05, 0) is 6.42 Å². The van der Waals surface area contributed by atoms with Gasteiger partial charge in [-0.2, -0.15) is 0 Å². The van der Waals surface area contributed by atoms with Crippen LogP contribution in [0.5, 0.6) is 0 Å². The molecule has 0 heterocycles. The van der Waals surface area contributed by atoms with E-state index in [9.17, 15) is 4.79 Å². The fourth-order valence-corrected chi connectivity index (χ4v) is 0.434. The second-order valence-corrected chi connectivity index (χ2v) is 1.76. The maximum atomic E-state index is 10.6. The number of carbonyl (C=O) groups excluding carboxylic acids is 1.